The van der Waals surface area contributed by atoms with Gasteiger partial charge in [0.25, 0.3) is 0 Å². The zero-order valence-corrected chi connectivity index (χ0v) is 14.8. The molecule has 0 bridgehead atoms. The minimum Gasteiger partial charge on any atom is -0.480 e. The summed E-state index contributed by atoms with van der Waals surface area (Å²) in [6.07, 6.45) is 0.489. The molecule has 1 atom stereocenters. The van der Waals surface area contributed by atoms with Gasteiger partial charge < -0.3 is 15.7 Å². The van der Waals surface area contributed by atoms with Crippen LogP contribution >= 0.6 is 23.2 Å². The highest BCUT2D eigenvalue weighted by Crippen LogP contribution is 2.25. The van der Waals surface area contributed by atoms with E-state index in [1.807, 2.05) is 30.3 Å². The van der Waals surface area contributed by atoms with Crippen molar-refractivity contribution >= 4 is 40.8 Å². The molecule has 25 heavy (non-hydrogen) atoms. The Labute approximate surface area is 156 Å². The van der Waals surface area contributed by atoms with E-state index in [0.29, 0.717) is 28.7 Å². The highest BCUT2D eigenvalue weighted by atomic mass is 35.5. The van der Waals surface area contributed by atoms with E-state index in [9.17, 15) is 14.7 Å². The molecule has 0 spiro atoms. The van der Waals surface area contributed by atoms with Gasteiger partial charge >= 0.3 is 5.97 Å². The van der Waals surface area contributed by atoms with Crippen molar-refractivity contribution in [2.45, 2.75) is 18.9 Å². The van der Waals surface area contributed by atoms with Gasteiger partial charge in [0.15, 0.2) is 0 Å². The molecule has 0 aromatic heterocycles. The number of halogens is 2. The van der Waals surface area contributed by atoms with Crippen LogP contribution in [-0.2, 0) is 16.0 Å². The van der Waals surface area contributed by atoms with E-state index < -0.39 is 17.9 Å². The number of amides is 1. The summed E-state index contributed by atoms with van der Waals surface area (Å²) < 4.78 is 0. The van der Waals surface area contributed by atoms with Gasteiger partial charge in [-0.2, -0.15) is 0 Å². The molecule has 0 radical (unpaired) electrons. The van der Waals surface area contributed by atoms with Crippen molar-refractivity contribution in [1.29, 1.82) is 0 Å². The molecule has 0 aliphatic carbocycles. The predicted octanol–water partition coefficient (Wildman–Crippen LogP) is 3.61. The number of carboxylic acids is 1. The van der Waals surface area contributed by atoms with Crippen LogP contribution in [0.2, 0.25) is 10.0 Å². The number of nitrogens with one attached hydrogen (secondary N) is 2. The van der Waals surface area contributed by atoms with Crippen LogP contribution in [0.5, 0.6) is 0 Å². The molecular weight excluding hydrogens is 363 g/mol. The monoisotopic (exact) mass is 380 g/mol. The minimum atomic E-state index is -1.07. The zero-order valence-electron chi connectivity index (χ0n) is 13.3. The van der Waals surface area contributed by atoms with Crippen molar-refractivity contribution in [3.8, 4) is 0 Å². The predicted molar refractivity (Wildman–Crippen MR) is 99.3 cm³/mol. The smallest absolute Gasteiger partial charge is 0.321 e. The molecule has 132 valence electrons. The van der Waals surface area contributed by atoms with Crippen LogP contribution in [0.3, 0.4) is 0 Å². The Morgan fingerprint density at radius 2 is 1.76 bits per heavy atom. The molecule has 0 heterocycles. The van der Waals surface area contributed by atoms with Gasteiger partial charge in [0.05, 0.1) is 16.5 Å². The van der Waals surface area contributed by atoms with Crippen LogP contribution in [0, 0.1) is 0 Å². The Balaban J connectivity index is 1.86. The highest BCUT2D eigenvalue weighted by Gasteiger charge is 2.20. The summed E-state index contributed by atoms with van der Waals surface area (Å²) in [5.41, 5.74) is 1.56. The second kappa shape index (κ2) is 9.42. The number of aliphatic carboxylic acids is 1. The number of carbonyl (C=O) groups is 2. The first-order chi connectivity index (χ1) is 12.0. The summed E-state index contributed by atoms with van der Waals surface area (Å²) in [5, 5.41) is 15.5. The Kier molecular flexibility index (Phi) is 7.25. The normalized spacial score (nSPS) is 11.8. The van der Waals surface area contributed by atoms with E-state index in [4.69, 9.17) is 23.2 Å². The molecule has 1 unspecified atom stereocenters. The van der Waals surface area contributed by atoms with Gasteiger partial charge in [-0.1, -0.05) is 53.5 Å². The van der Waals surface area contributed by atoms with Gasteiger partial charge in [0.1, 0.15) is 6.04 Å². The van der Waals surface area contributed by atoms with Crippen molar-refractivity contribution < 1.29 is 14.7 Å². The number of hydrogen-bond acceptors (Lipinski definition) is 3. The van der Waals surface area contributed by atoms with Crippen LogP contribution in [0.1, 0.15) is 12.0 Å². The molecule has 0 aliphatic rings. The average Bonchev–Trinajstić information content (AvgIpc) is 2.58. The second-order valence-electron chi connectivity index (χ2n) is 5.46. The molecule has 0 aliphatic heterocycles. The number of hydrogen-bond donors (Lipinski definition) is 3. The Morgan fingerprint density at radius 3 is 2.40 bits per heavy atom. The fourth-order valence-electron chi connectivity index (χ4n) is 2.25. The van der Waals surface area contributed by atoms with Crippen molar-refractivity contribution in [2.75, 3.05) is 11.9 Å². The van der Waals surface area contributed by atoms with Crippen LogP contribution in [0.4, 0.5) is 5.69 Å². The van der Waals surface area contributed by atoms with E-state index in [1.54, 1.807) is 12.1 Å². The van der Waals surface area contributed by atoms with Gasteiger partial charge in [-0.15, -0.1) is 0 Å². The molecule has 7 heteroatoms. The van der Waals surface area contributed by atoms with Gasteiger partial charge in [-0.3, -0.25) is 9.59 Å². The number of benzene rings is 2. The number of carbonyl (C=O) groups excluding carboxylic acids is 1. The summed E-state index contributed by atoms with van der Waals surface area (Å²) in [6, 6.07) is 13.4. The number of anilines is 1. The minimum absolute atomic E-state index is 0.190. The third-order valence-electron chi connectivity index (χ3n) is 3.54. The maximum atomic E-state index is 12.1. The van der Waals surface area contributed by atoms with Crippen molar-refractivity contribution in [3.05, 3.63) is 64.1 Å². The molecule has 1 amide bonds. The molecule has 2 aromatic carbocycles. The third kappa shape index (κ3) is 6.38. The quantitative estimate of drug-likeness (QED) is 0.653. The number of carboxylic acid groups (broad SMARTS) is 1. The Bertz CT molecular complexity index is 738. The van der Waals surface area contributed by atoms with Crippen LogP contribution in [0.25, 0.3) is 0 Å². The van der Waals surface area contributed by atoms with E-state index in [0.717, 1.165) is 5.56 Å². The van der Waals surface area contributed by atoms with Gasteiger partial charge in [-0.25, -0.2) is 0 Å². The van der Waals surface area contributed by atoms with E-state index in [2.05, 4.69) is 10.6 Å². The van der Waals surface area contributed by atoms with Crippen molar-refractivity contribution in [2.24, 2.45) is 0 Å². The standard InChI is InChI=1S/C18H18Cl2N2O3/c19-14-7-6-13(10-15(14)20)22-17(23)11-16(18(24)25)21-9-8-12-4-2-1-3-5-12/h1-7,10,16,21H,8-9,11H2,(H,22,23)(H,24,25). The lowest BCUT2D eigenvalue weighted by Gasteiger charge is -2.14. The molecule has 2 rings (SSSR count). The molecule has 0 saturated heterocycles. The summed E-state index contributed by atoms with van der Waals surface area (Å²) >= 11 is 11.7. The molecular formula is C18H18Cl2N2O3. The first-order valence-corrected chi connectivity index (χ1v) is 8.46. The van der Waals surface area contributed by atoms with Crippen LogP contribution in [-0.4, -0.2) is 29.6 Å². The molecule has 3 N–H and O–H groups in total. The summed E-state index contributed by atoms with van der Waals surface area (Å²) in [6.45, 7) is 0.459. The fraction of sp³-hybridized carbons (Fsp3) is 0.222. The third-order valence-corrected chi connectivity index (χ3v) is 4.28. The van der Waals surface area contributed by atoms with Crippen LogP contribution in [0.15, 0.2) is 48.5 Å². The largest absolute Gasteiger partial charge is 0.480 e. The molecule has 0 saturated carbocycles. The highest BCUT2D eigenvalue weighted by molar-refractivity contribution is 6.42. The zero-order chi connectivity index (χ0) is 18.2. The summed E-state index contributed by atoms with van der Waals surface area (Å²) in [7, 11) is 0. The van der Waals surface area contributed by atoms with Gasteiger partial charge in [0, 0.05) is 5.69 Å². The number of rotatable bonds is 8. The molecule has 2 aromatic rings. The topological polar surface area (TPSA) is 78.4 Å². The lowest BCUT2D eigenvalue weighted by Crippen LogP contribution is -2.40. The summed E-state index contributed by atoms with van der Waals surface area (Å²) in [5.74, 6) is -1.49. The fourth-order valence-corrected chi connectivity index (χ4v) is 2.55. The van der Waals surface area contributed by atoms with E-state index in [-0.39, 0.29) is 6.42 Å². The lowest BCUT2D eigenvalue weighted by atomic mass is 10.1. The van der Waals surface area contributed by atoms with E-state index >= 15 is 0 Å². The van der Waals surface area contributed by atoms with Gasteiger partial charge in [-0.05, 0) is 36.7 Å². The average molecular weight is 381 g/mol. The van der Waals surface area contributed by atoms with Gasteiger partial charge in [0.2, 0.25) is 5.91 Å². The maximum absolute atomic E-state index is 12.1. The first kappa shape index (κ1) is 19.2. The Hall–Kier alpha value is -2.08. The second-order valence-corrected chi connectivity index (χ2v) is 6.28. The van der Waals surface area contributed by atoms with Crippen molar-refractivity contribution in [1.82, 2.24) is 5.32 Å². The first-order valence-electron chi connectivity index (χ1n) is 7.70. The lowest BCUT2D eigenvalue weighted by molar-refractivity contribution is -0.141. The molecule has 5 nitrogen and oxygen atoms in total. The molecule has 0 fully saturated rings. The van der Waals surface area contributed by atoms with Crippen molar-refractivity contribution in [3.63, 3.8) is 0 Å². The SMILES string of the molecule is O=C(CC(NCCc1ccccc1)C(=O)O)Nc1ccc(Cl)c(Cl)c1. The Morgan fingerprint density at radius 1 is 1.04 bits per heavy atom. The maximum Gasteiger partial charge on any atom is 0.321 e. The van der Waals surface area contributed by atoms with Crippen LogP contribution < -0.4 is 10.6 Å². The summed E-state index contributed by atoms with van der Waals surface area (Å²) in [4.78, 5) is 23.4. The van der Waals surface area contributed by atoms with E-state index in [1.165, 1.54) is 6.07 Å².